The van der Waals surface area contributed by atoms with Crippen LogP contribution in [0, 0.1) is 0 Å². The van der Waals surface area contributed by atoms with Gasteiger partial charge in [0.1, 0.15) is 21.7 Å². The smallest absolute Gasteiger partial charge is 0.147 e. The average molecular weight is 269 g/mol. The van der Waals surface area contributed by atoms with E-state index in [4.69, 9.17) is 10.5 Å². The van der Waals surface area contributed by atoms with Gasteiger partial charge in [0.2, 0.25) is 0 Å². The lowest BCUT2D eigenvalue weighted by Crippen LogP contribution is -2.38. The molecule has 0 saturated heterocycles. The van der Waals surface area contributed by atoms with Crippen molar-refractivity contribution in [2.75, 3.05) is 12.0 Å². The van der Waals surface area contributed by atoms with E-state index in [1.54, 1.807) is 0 Å². The first-order valence-electron chi connectivity index (χ1n) is 6.13. The third-order valence-corrected chi connectivity index (χ3v) is 4.23. The van der Waals surface area contributed by atoms with Crippen LogP contribution < -0.4 is 10.5 Å². The molecule has 18 heavy (non-hydrogen) atoms. The maximum absolute atomic E-state index is 11.0. The van der Waals surface area contributed by atoms with Crippen LogP contribution in [0.1, 0.15) is 18.4 Å². The van der Waals surface area contributed by atoms with Crippen molar-refractivity contribution in [1.29, 1.82) is 0 Å². The second-order valence-electron chi connectivity index (χ2n) is 4.90. The van der Waals surface area contributed by atoms with Crippen LogP contribution in [0.25, 0.3) is 0 Å². The number of benzene rings is 1. The summed E-state index contributed by atoms with van der Waals surface area (Å²) in [4.78, 5) is 0. The van der Waals surface area contributed by atoms with Crippen LogP contribution in [-0.2, 0) is 16.3 Å². The van der Waals surface area contributed by atoms with Crippen molar-refractivity contribution in [1.82, 2.24) is 0 Å². The maximum Gasteiger partial charge on any atom is 0.147 e. The molecule has 0 fully saturated rings. The molecule has 1 heterocycles. The lowest BCUT2D eigenvalue weighted by atomic mass is 10.0. The minimum absolute atomic E-state index is 0.0260. The van der Waals surface area contributed by atoms with Crippen LogP contribution in [0.2, 0.25) is 0 Å². The largest absolute Gasteiger partial charge is 0.488 e. The number of sulfone groups is 1. The molecule has 0 saturated carbocycles. The van der Waals surface area contributed by atoms with E-state index in [-0.39, 0.29) is 17.9 Å². The molecule has 2 rings (SSSR count). The van der Waals surface area contributed by atoms with Crippen LogP contribution >= 0.6 is 0 Å². The monoisotopic (exact) mass is 269 g/mol. The summed E-state index contributed by atoms with van der Waals surface area (Å²) >= 11 is 0. The van der Waals surface area contributed by atoms with Crippen molar-refractivity contribution in [3.8, 4) is 5.75 Å². The molecular formula is C13H19NO3S. The van der Waals surface area contributed by atoms with E-state index in [1.165, 1.54) is 11.8 Å². The van der Waals surface area contributed by atoms with Gasteiger partial charge in [0.25, 0.3) is 0 Å². The molecule has 2 atom stereocenters. The number of hydrogen-bond acceptors (Lipinski definition) is 4. The van der Waals surface area contributed by atoms with Gasteiger partial charge in [-0.05, 0) is 24.5 Å². The molecule has 0 radical (unpaired) electrons. The standard InChI is InChI=1S/C13H19NO3S/c1-18(15,16)8-4-6-11(14)13-9-10-5-2-3-7-12(10)17-13/h2-3,5,7,11,13H,4,6,8-9,14H2,1H3. The first-order chi connectivity index (χ1) is 8.46. The van der Waals surface area contributed by atoms with Crippen molar-refractivity contribution in [2.24, 2.45) is 5.73 Å². The van der Waals surface area contributed by atoms with E-state index in [0.29, 0.717) is 12.8 Å². The Balaban J connectivity index is 1.84. The summed E-state index contributed by atoms with van der Waals surface area (Å²) in [5.41, 5.74) is 7.25. The van der Waals surface area contributed by atoms with Crippen molar-refractivity contribution in [2.45, 2.75) is 31.4 Å². The molecular weight excluding hydrogens is 250 g/mol. The van der Waals surface area contributed by atoms with Gasteiger partial charge >= 0.3 is 0 Å². The van der Waals surface area contributed by atoms with E-state index in [9.17, 15) is 8.42 Å². The number of rotatable bonds is 5. The van der Waals surface area contributed by atoms with Gasteiger partial charge in [-0.2, -0.15) is 0 Å². The minimum atomic E-state index is -2.89. The molecule has 1 aromatic carbocycles. The topological polar surface area (TPSA) is 69.4 Å². The highest BCUT2D eigenvalue weighted by Crippen LogP contribution is 2.29. The van der Waals surface area contributed by atoms with E-state index < -0.39 is 9.84 Å². The van der Waals surface area contributed by atoms with Gasteiger partial charge in [-0.1, -0.05) is 18.2 Å². The van der Waals surface area contributed by atoms with Gasteiger partial charge in [-0.3, -0.25) is 0 Å². The molecule has 0 amide bonds. The molecule has 5 heteroatoms. The van der Waals surface area contributed by atoms with Gasteiger partial charge in [-0.15, -0.1) is 0 Å². The summed E-state index contributed by atoms with van der Waals surface area (Å²) in [5, 5.41) is 0. The minimum Gasteiger partial charge on any atom is -0.488 e. The van der Waals surface area contributed by atoms with E-state index in [1.807, 2.05) is 24.3 Å². The van der Waals surface area contributed by atoms with Gasteiger partial charge in [0.05, 0.1) is 0 Å². The van der Waals surface area contributed by atoms with Crippen LogP contribution in [0.5, 0.6) is 5.75 Å². The molecule has 1 aliphatic rings. The van der Waals surface area contributed by atoms with Crippen LogP contribution in [0.4, 0.5) is 0 Å². The number of fused-ring (bicyclic) bond motifs is 1. The fourth-order valence-corrected chi connectivity index (χ4v) is 2.91. The number of ether oxygens (including phenoxy) is 1. The molecule has 4 nitrogen and oxygen atoms in total. The zero-order chi connectivity index (χ0) is 13.2. The summed E-state index contributed by atoms with van der Waals surface area (Å²) in [6, 6.07) is 7.80. The predicted octanol–water partition coefficient (Wildman–Crippen LogP) is 1.14. The van der Waals surface area contributed by atoms with E-state index >= 15 is 0 Å². The van der Waals surface area contributed by atoms with Crippen molar-refractivity contribution in [3.05, 3.63) is 29.8 Å². The lowest BCUT2D eigenvalue weighted by Gasteiger charge is -2.18. The van der Waals surface area contributed by atoms with Crippen LogP contribution in [0.15, 0.2) is 24.3 Å². The first kappa shape index (κ1) is 13.4. The second kappa shape index (κ2) is 5.28. The van der Waals surface area contributed by atoms with Gasteiger partial charge in [-0.25, -0.2) is 8.42 Å². The highest BCUT2D eigenvalue weighted by atomic mass is 32.2. The fourth-order valence-electron chi connectivity index (χ4n) is 2.21. The zero-order valence-corrected chi connectivity index (χ0v) is 11.3. The normalized spacial score (nSPS) is 20.2. The fraction of sp³-hybridized carbons (Fsp3) is 0.538. The molecule has 0 spiro atoms. The van der Waals surface area contributed by atoms with Crippen molar-refractivity contribution in [3.63, 3.8) is 0 Å². The Morgan fingerprint density at radius 2 is 2.17 bits per heavy atom. The lowest BCUT2D eigenvalue weighted by molar-refractivity contribution is 0.193. The average Bonchev–Trinajstić information content (AvgIpc) is 2.70. The molecule has 1 aromatic rings. The molecule has 2 unspecified atom stereocenters. The summed E-state index contributed by atoms with van der Waals surface area (Å²) in [6.07, 6.45) is 3.31. The van der Waals surface area contributed by atoms with Crippen molar-refractivity contribution < 1.29 is 13.2 Å². The number of para-hydroxylation sites is 1. The van der Waals surface area contributed by atoms with Crippen molar-refractivity contribution >= 4 is 9.84 Å². The number of nitrogens with two attached hydrogens (primary N) is 1. The molecule has 0 bridgehead atoms. The Labute approximate surface area is 108 Å². The Kier molecular flexibility index (Phi) is 3.92. The Morgan fingerprint density at radius 1 is 1.44 bits per heavy atom. The SMILES string of the molecule is CS(=O)(=O)CCCC(N)C1Cc2ccccc2O1. The summed E-state index contributed by atoms with van der Waals surface area (Å²) in [5.74, 6) is 1.10. The number of hydrogen-bond donors (Lipinski definition) is 1. The van der Waals surface area contributed by atoms with Gasteiger partial charge in [0.15, 0.2) is 0 Å². The Bertz CT molecular complexity index is 488. The molecule has 0 aromatic heterocycles. The third kappa shape index (κ3) is 3.46. The first-order valence-corrected chi connectivity index (χ1v) is 8.19. The van der Waals surface area contributed by atoms with E-state index in [2.05, 4.69) is 0 Å². The van der Waals surface area contributed by atoms with Crippen LogP contribution in [-0.4, -0.2) is 32.6 Å². The van der Waals surface area contributed by atoms with Gasteiger partial charge < -0.3 is 10.5 Å². The Morgan fingerprint density at radius 3 is 2.83 bits per heavy atom. The quantitative estimate of drug-likeness (QED) is 0.870. The highest BCUT2D eigenvalue weighted by molar-refractivity contribution is 7.90. The third-order valence-electron chi connectivity index (χ3n) is 3.20. The van der Waals surface area contributed by atoms with E-state index in [0.717, 1.165) is 12.2 Å². The molecule has 1 aliphatic heterocycles. The molecule has 0 aliphatic carbocycles. The maximum atomic E-state index is 11.0. The summed E-state index contributed by atoms with van der Waals surface area (Å²) in [7, 11) is -2.89. The second-order valence-corrected chi connectivity index (χ2v) is 7.16. The van der Waals surface area contributed by atoms with Crippen LogP contribution in [0.3, 0.4) is 0 Å². The Hall–Kier alpha value is -1.07. The predicted molar refractivity (Wildman–Crippen MR) is 71.5 cm³/mol. The molecule has 2 N–H and O–H groups in total. The highest BCUT2D eigenvalue weighted by Gasteiger charge is 2.27. The van der Waals surface area contributed by atoms with Gasteiger partial charge in [0, 0.05) is 24.5 Å². The summed E-state index contributed by atoms with van der Waals surface area (Å²) in [6.45, 7) is 0. The zero-order valence-electron chi connectivity index (χ0n) is 10.5. The summed E-state index contributed by atoms with van der Waals surface area (Å²) < 4.78 is 27.9. The molecule has 100 valence electrons.